The number of carbonyl (C=O) groups excluding carboxylic acids is 1. The van der Waals surface area contributed by atoms with Gasteiger partial charge in [0.15, 0.2) is 0 Å². The Morgan fingerprint density at radius 2 is 1.78 bits per heavy atom. The van der Waals surface area contributed by atoms with Crippen molar-refractivity contribution in [3.05, 3.63) is 35.6 Å². The van der Waals surface area contributed by atoms with Crippen molar-refractivity contribution in [1.82, 2.24) is 0 Å². The highest BCUT2D eigenvalue weighted by molar-refractivity contribution is 5.74. The smallest absolute Gasteiger partial charge is 0.315 e. The molecule has 0 spiro atoms. The van der Waals surface area contributed by atoms with E-state index in [1.165, 1.54) is 24.3 Å². The Kier molecular flexibility index (Phi) is 6.48. The number of halogens is 3. The van der Waals surface area contributed by atoms with E-state index in [4.69, 9.17) is 4.74 Å². The molecule has 0 saturated heterocycles. The van der Waals surface area contributed by atoms with Crippen molar-refractivity contribution in [3.8, 4) is 0 Å². The van der Waals surface area contributed by atoms with Gasteiger partial charge in [0.25, 0.3) is 6.43 Å². The van der Waals surface area contributed by atoms with Crippen LogP contribution < -0.4 is 0 Å². The maximum atomic E-state index is 13.7. The molecule has 2 unspecified atom stereocenters. The number of rotatable bonds is 6. The average Bonchev–Trinajstić information content (AvgIpc) is 2.54. The van der Waals surface area contributed by atoms with Crippen LogP contribution in [0, 0.1) is 17.7 Å². The van der Waals surface area contributed by atoms with Gasteiger partial charge in [-0.3, -0.25) is 4.79 Å². The Bertz CT molecular complexity index is 495. The van der Waals surface area contributed by atoms with Gasteiger partial charge in [0.2, 0.25) is 0 Å². The zero-order valence-corrected chi connectivity index (χ0v) is 13.3. The van der Waals surface area contributed by atoms with Crippen LogP contribution >= 0.6 is 0 Å². The number of hydrogen-bond acceptors (Lipinski definition) is 2. The lowest BCUT2D eigenvalue weighted by atomic mass is 9.71. The van der Waals surface area contributed by atoms with Crippen LogP contribution in [0.15, 0.2) is 24.3 Å². The first-order valence-corrected chi connectivity index (χ1v) is 8.24. The van der Waals surface area contributed by atoms with Gasteiger partial charge in [-0.15, -0.1) is 0 Å². The van der Waals surface area contributed by atoms with E-state index in [2.05, 4.69) is 0 Å². The van der Waals surface area contributed by atoms with Crippen molar-refractivity contribution in [2.24, 2.45) is 11.8 Å². The van der Waals surface area contributed by atoms with Gasteiger partial charge in [-0.2, -0.15) is 0 Å². The van der Waals surface area contributed by atoms with Crippen LogP contribution in [0.1, 0.15) is 50.5 Å². The molecule has 23 heavy (non-hydrogen) atoms. The number of alkyl halides is 2. The number of ether oxygens (including phenoxy) is 1. The minimum absolute atomic E-state index is 0.00221. The van der Waals surface area contributed by atoms with Gasteiger partial charge < -0.3 is 4.74 Å². The van der Waals surface area contributed by atoms with Gasteiger partial charge >= 0.3 is 5.97 Å². The first-order valence-electron chi connectivity index (χ1n) is 8.24. The fourth-order valence-electron chi connectivity index (χ4n) is 3.60. The van der Waals surface area contributed by atoms with E-state index in [1.807, 2.05) is 0 Å². The van der Waals surface area contributed by atoms with Crippen molar-refractivity contribution >= 4 is 5.97 Å². The molecule has 1 aromatic carbocycles. The molecule has 1 saturated carbocycles. The summed E-state index contributed by atoms with van der Waals surface area (Å²) in [5, 5.41) is 0. The second kappa shape index (κ2) is 8.37. The van der Waals surface area contributed by atoms with Gasteiger partial charge in [0.05, 0.1) is 6.61 Å². The van der Waals surface area contributed by atoms with E-state index in [9.17, 15) is 18.0 Å². The molecule has 128 valence electrons. The molecule has 0 N–H and O–H groups in total. The molecule has 1 aliphatic rings. The number of carbonyl (C=O) groups is 1. The summed E-state index contributed by atoms with van der Waals surface area (Å²) in [7, 11) is 0. The summed E-state index contributed by atoms with van der Waals surface area (Å²) in [5.74, 6) is -3.40. The molecule has 1 aliphatic carbocycles. The van der Waals surface area contributed by atoms with Crippen molar-refractivity contribution in [2.75, 3.05) is 6.61 Å². The molecular formula is C18H23F3O2. The number of esters is 1. The molecule has 1 aromatic rings. The maximum absolute atomic E-state index is 13.7. The van der Waals surface area contributed by atoms with Crippen molar-refractivity contribution in [3.63, 3.8) is 0 Å². The molecule has 2 nitrogen and oxygen atoms in total. The second-order valence-corrected chi connectivity index (χ2v) is 6.09. The summed E-state index contributed by atoms with van der Waals surface area (Å²) in [4.78, 5) is 12.1. The minimum Gasteiger partial charge on any atom is -0.466 e. The largest absolute Gasteiger partial charge is 0.466 e. The second-order valence-electron chi connectivity index (χ2n) is 6.09. The van der Waals surface area contributed by atoms with E-state index in [-0.39, 0.29) is 12.5 Å². The molecule has 5 heteroatoms. The molecule has 0 aromatic heterocycles. The highest BCUT2D eigenvalue weighted by Crippen LogP contribution is 2.43. The van der Waals surface area contributed by atoms with E-state index in [0.717, 1.165) is 32.1 Å². The quantitative estimate of drug-likeness (QED) is 0.692. The minimum atomic E-state index is -2.80. The van der Waals surface area contributed by atoms with Crippen molar-refractivity contribution < 1.29 is 22.7 Å². The van der Waals surface area contributed by atoms with Crippen LogP contribution in [0.25, 0.3) is 0 Å². The SMILES string of the molecule is CCOC(=O)C(C(F)F)C(c1ccc(F)cc1)C1CCCCC1. The summed E-state index contributed by atoms with van der Waals surface area (Å²) < 4.78 is 45.4. The maximum Gasteiger partial charge on any atom is 0.315 e. The van der Waals surface area contributed by atoms with Crippen LogP contribution in [0.3, 0.4) is 0 Å². The van der Waals surface area contributed by atoms with Gasteiger partial charge in [0, 0.05) is 5.92 Å². The van der Waals surface area contributed by atoms with E-state index in [1.54, 1.807) is 6.92 Å². The lowest BCUT2D eigenvalue weighted by molar-refractivity contribution is -0.156. The molecule has 0 amide bonds. The lowest BCUT2D eigenvalue weighted by Gasteiger charge is -2.35. The normalized spacial score (nSPS) is 18.7. The highest BCUT2D eigenvalue weighted by Gasteiger charge is 2.42. The monoisotopic (exact) mass is 328 g/mol. The standard InChI is InChI=1S/C18H23F3O2/c1-2-23-18(22)16(17(20)21)15(12-6-4-3-5-7-12)13-8-10-14(19)11-9-13/h8-12,15-17H,2-7H2,1H3. The number of benzene rings is 1. The summed E-state index contributed by atoms with van der Waals surface area (Å²) >= 11 is 0. The van der Waals surface area contributed by atoms with Gasteiger partial charge in [-0.05, 0) is 43.4 Å². The molecule has 2 rings (SSSR count). The van der Waals surface area contributed by atoms with Crippen LogP contribution in [0.4, 0.5) is 13.2 Å². The molecule has 0 bridgehead atoms. The molecule has 0 radical (unpaired) electrons. The molecule has 0 heterocycles. The van der Waals surface area contributed by atoms with Crippen LogP contribution in [-0.2, 0) is 9.53 Å². The Labute approximate surface area is 135 Å². The van der Waals surface area contributed by atoms with Crippen LogP contribution in [0.2, 0.25) is 0 Å². The predicted octanol–water partition coefficient (Wildman–Crippen LogP) is 4.93. The Balaban J connectivity index is 2.36. The third-order valence-corrected chi connectivity index (χ3v) is 4.63. The summed E-state index contributed by atoms with van der Waals surface area (Å²) in [6, 6.07) is 5.56. The third kappa shape index (κ3) is 4.49. The molecule has 0 aliphatic heterocycles. The van der Waals surface area contributed by atoms with Crippen LogP contribution in [-0.4, -0.2) is 19.0 Å². The molecular weight excluding hydrogens is 305 g/mol. The van der Waals surface area contributed by atoms with E-state index >= 15 is 0 Å². The van der Waals surface area contributed by atoms with Crippen LogP contribution in [0.5, 0.6) is 0 Å². The van der Waals surface area contributed by atoms with E-state index in [0.29, 0.717) is 5.56 Å². The topological polar surface area (TPSA) is 26.3 Å². The zero-order valence-electron chi connectivity index (χ0n) is 13.3. The Hall–Kier alpha value is -1.52. The predicted molar refractivity (Wildman–Crippen MR) is 81.8 cm³/mol. The zero-order chi connectivity index (χ0) is 16.8. The molecule has 1 fully saturated rings. The average molecular weight is 328 g/mol. The Morgan fingerprint density at radius 3 is 2.30 bits per heavy atom. The first kappa shape index (κ1) is 17.8. The summed E-state index contributed by atoms with van der Waals surface area (Å²) in [6.45, 7) is 1.68. The molecule has 2 atom stereocenters. The number of hydrogen-bond donors (Lipinski definition) is 0. The highest BCUT2D eigenvalue weighted by atomic mass is 19.3. The summed E-state index contributed by atoms with van der Waals surface area (Å²) in [6.07, 6.45) is 1.86. The van der Waals surface area contributed by atoms with Gasteiger partial charge in [-0.1, -0.05) is 31.4 Å². The lowest BCUT2D eigenvalue weighted by Crippen LogP contribution is -2.35. The fourth-order valence-corrected chi connectivity index (χ4v) is 3.60. The first-order chi connectivity index (χ1) is 11.0. The van der Waals surface area contributed by atoms with E-state index < -0.39 is 30.0 Å². The third-order valence-electron chi connectivity index (χ3n) is 4.63. The van der Waals surface area contributed by atoms with Gasteiger partial charge in [0.1, 0.15) is 11.7 Å². The van der Waals surface area contributed by atoms with Crippen molar-refractivity contribution in [1.29, 1.82) is 0 Å². The summed E-state index contributed by atoms with van der Waals surface area (Å²) in [5.41, 5.74) is 0.594. The fraction of sp³-hybridized carbons (Fsp3) is 0.611. The Morgan fingerprint density at radius 1 is 1.17 bits per heavy atom. The van der Waals surface area contributed by atoms with Crippen molar-refractivity contribution in [2.45, 2.75) is 51.4 Å². The van der Waals surface area contributed by atoms with Gasteiger partial charge in [-0.25, -0.2) is 13.2 Å².